The summed E-state index contributed by atoms with van der Waals surface area (Å²) in [4.78, 5) is 7.22. The summed E-state index contributed by atoms with van der Waals surface area (Å²) in [6, 6.07) is 25.7. The van der Waals surface area contributed by atoms with E-state index in [-0.39, 0.29) is 0 Å². The van der Waals surface area contributed by atoms with Gasteiger partial charge in [-0.1, -0.05) is 48.5 Å². The largest absolute Gasteiger partial charge is 0.489 e. The van der Waals surface area contributed by atoms with Crippen LogP contribution >= 0.6 is 0 Å². The second-order valence-corrected chi connectivity index (χ2v) is 7.60. The predicted molar refractivity (Wildman–Crippen MR) is 119 cm³/mol. The van der Waals surface area contributed by atoms with E-state index in [1.807, 2.05) is 24.3 Å². The predicted octanol–water partition coefficient (Wildman–Crippen LogP) is 4.82. The molecule has 5 rings (SSSR count). The molecule has 3 aromatic carbocycles. The Morgan fingerprint density at radius 1 is 0.966 bits per heavy atom. The summed E-state index contributed by atoms with van der Waals surface area (Å²) < 4.78 is 6.03. The van der Waals surface area contributed by atoms with Gasteiger partial charge < -0.3 is 15.0 Å². The van der Waals surface area contributed by atoms with Crippen molar-refractivity contribution in [1.29, 1.82) is 0 Å². The Morgan fingerprint density at radius 2 is 1.86 bits per heavy atom. The summed E-state index contributed by atoms with van der Waals surface area (Å²) in [6.07, 6.45) is 3.05. The second-order valence-electron chi connectivity index (χ2n) is 7.60. The molecule has 2 aliphatic heterocycles. The number of piperazine rings is 1. The molecule has 29 heavy (non-hydrogen) atoms. The zero-order valence-electron chi connectivity index (χ0n) is 16.4. The molecule has 0 aliphatic carbocycles. The number of nitrogens with one attached hydrogen (secondary N) is 1. The maximum atomic E-state index is 6.03. The minimum Gasteiger partial charge on any atom is -0.489 e. The molecule has 1 fully saturated rings. The highest BCUT2D eigenvalue weighted by Crippen LogP contribution is 2.37. The third kappa shape index (κ3) is 3.89. The van der Waals surface area contributed by atoms with E-state index < -0.39 is 0 Å². The van der Waals surface area contributed by atoms with Gasteiger partial charge >= 0.3 is 0 Å². The van der Waals surface area contributed by atoms with Crippen molar-refractivity contribution in [2.24, 2.45) is 4.99 Å². The number of benzene rings is 3. The lowest BCUT2D eigenvalue weighted by Crippen LogP contribution is -2.51. The Labute approximate surface area is 171 Å². The van der Waals surface area contributed by atoms with Crippen LogP contribution in [0.2, 0.25) is 0 Å². The Hall–Kier alpha value is -3.11. The molecule has 0 saturated carbocycles. The minimum atomic E-state index is 0.476. The quantitative estimate of drug-likeness (QED) is 0.702. The molecular weight excluding hydrogens is 358 g/mol. The lowest BCUT2D eigenvalue weighted by Gasteiger charge is -2.37. The van der Waals surface area contributed by atoms with Crippen molar-refractivity contribution in [2.45, 2.75) is 19.1 Å². The molecule has 1 atom stereocenters. The van der Waals surface area contributed by atoms with Gasteiger partial charge in [-0.05, 0) is 41.0 Å². The number of nitrogens with zero attached hydrogens (tertiary/aromatic N) is 2. The summed E-state index contributed by atoms with van der Waals surface area (Å²) in [7, 11) is 0. The van der Waals surface area contributed by atoms with Gasteiger partial charge in [0, 0.05) is 38.3 Å². The van der Waals surface area contributed by atoms with Gasteiger partial charge in [0.15, 0.2) is 0 Å². The lowest BCUT2D eigenvalue weighted by atomic mass is 10.0. The van der Waals surface area contributed by atoms with Crippen LogP contribution in [0.5, 0.6) is 5.75 Å². The van der Waals surface area contributed by atoms with Crippen LogP contribution in [-0.2, 0) is 6.61 Å². The van der Waals surface area contributed by atoms with E-state index in [9.17, 15) is 0 Å². The molecule has 1 unspecified atom stereocenters. The van der Waals surface area contributed by atoms with Crippen molar-refractivity contribution in [3.8, 4) is 16.9 Å². The van der Waals surface area contributed by atoms with Crippen LogP contribution in [0.3, 0.4) is 0 Å². The topological polar surface area (TPSA) is 36.9 Å². The van der Waals surface area contributed by atoms with Crippen molar-refractivity contribution in [3.05, 3.63) is 78.4 Å². The molecule has 0 radical (unpaired) electrons. The smallest absolute Gasteiger partial charge is 0.120 e. The Kier molecular flexibility index (Phi) is 5.01. The highest BCUT2D eigenvalue weighted by atomic mass is 16.5. The van der Waals surface area contributed by atoms with Crippen molar-refractivity contribution >= 4 is 17.6 Å². The van der Waals surface area contributed by atoms with E-state index in [0.717, 1.165) is 37.5 Å². The normalized spacial score (nSPS) is 17.9. The first kappa shape index (κ1) is 18.0. The van der Waals surface area contributed by atoms with Gasteiger partial charge in [-0.2, -0.15) is 0 Å². The van der Waals surface area contributed by atoms with Crippen LogP contribution in [0.25, 0.3) is 11.1 Å². The maximum absolute atomic E-state index is 6.03. The Morgan fingerprint density at radius 3 is 2.79 bits per heavy atom. The molecule has 2 heterocycles. The maximum Gasteiger partial charge on any atom is 0.120 e. The number of aliphatic imine (C=N–C) groups is 1. The molecule has 0 spiro atoms. The van der Waals surface area contributed by atoms with E-state index in [1.54, 1.807) is 0 Å². The fraction of sp³-hybridized carbons (Fsp3) is 0.240. The summed E-state index contributed by atoms with van der Waals surface area (Å²) in [5, 5.41) is 3.50. The van der Waals surface area contributed by atoms with Crippen molar-refractivity contribution < 1.29 is 4.74 Å². The number of fused-ring (bicyclic) bond motifs is 3. The van der Waals surface area contributed by atoms with Crippen molar-refractivity contribution in [2.75, 3.05) is 24.5 Å². The molecule has 1 N–H and O–H groups in total. The lowest BCUT2D eigenvalue weighted by molar-refractivity contribution is 0.306. The van der Waals surface area contributed by atoms with E-state index in [0.29, 0.717) is 12.6 Å². The third-order valence-electron chi connectivity index (χ3n) is 5.66. The third-order valence-corrected chi connectivity index (χ3v) is 5.66. The van der Waals surface area contributed by atoms with Crippen LogP contribution in [0.4, 0.5) is 11.4 Å². The molecule has 0 amide bonds. The molecule has 0 aromatic heterocycles. The molecule has 3 aromatic rings. The van der Waals surface area contributed by atoms with Gasteiger partial charge in [0.1, 0.15) is 12.4 Å². The molecule has 4 heteroatoms. The van der Waals surface area contributed by atoms with Crippen LogP contribution in [-0.4, -0.2) is 31.9 Å². The SMILES string of the molecule is C1=Nc2ccc(-c3cccc(OCc4ccccc4)c3)cc2N2CCNCC2C1. The van der Waals surface area contributed by atoms with Crippen LogP contribution in [0, 0.1) is 0 Å². The van der Waals surface area contributed by atoms with E-state index in [2.05, 4.69) is 65.0 Å². The number of ether oxygens (including phenoxy) is 1. The first-order valence-corrected chi connectivity index (χ1v) is 10.3. The van der Waals surface area contributed by atoms with E-state index in [4.69, 9.17) is 9.73 Å². The number of hydrogen-bond donors (Lipinski definition) is 1. The molecular formula is C25H25N3O. The van der Waals surface area contributed by atoms with Crippen molar-refractivity contribution in [1.82, 2.24) is 5.32 Å². The Balaban J connectivity index is 1.41. The molecule has 146 valence electrons. The second kappa shape index (κ2) is 8.10. The summed E-state index contributed by atoms with van der Waals surface area (Å²) >= 11 is 0. The van der Waals surface area contributed by atoms with Crippen LogP contribution in [0.1, 0.15) is 12.0 Å². The zero-order valence-corrected chi connectivity index (χ0v) is 16.4. The van der Waals surface area contributed by atoms with Gasteiger partial charge in [0.25, 0.3) is 0 Å². The van der Waals surface area contributed by atoms with Gasteiger partial charge in [0.05, 0.1) is 11.4 Å². The average molecular weight is 383 g/mol. The fourth-order valence-corrected chi connectivity index (χ4v) is 4.11. The van der Waals surface area contributed by atoms with E-state index >= 15 is 0 Å². The van der Waals surface area contributed by atoms with Gasteiger partial charge in [-0.3, -0.25) is 4.99 Å². The minimum absolute atomic E-state index is 0.476. The van der Waals surface area contributed by atoms with Gasteiger partial charge in [-0.25, -0.2) is 0 Å². The number of hydrogen-bond acceptors (Lipinski definition) is 4. The summed E-state index contributed by atoms with van der Waals surface area (Å²) in [5.41, 5.74) is 5.83. The number of anilines is 1. The first-order valence-electron chi connectivity index (χ1n) is 10.3. The fourth-order valence-electron chi connectivity index (χ4n) is 4.11. The van der Waals surface area contributed by atoms with E-state index in [1.165, 1.54) is 22.4 Å². The number of rotatable bonds is 4. The molecule has 1 saturated heterocycles. The highest BCUT2D eigenvalue weighted by Gasteiger charge is 2.25. The van der Waals surface area contributed by atoms with Crippen molar-refractivity contribution in [3.63, 3.8) is 0 Å². The average Bonchev–Trinajstić information content (AvgIpc) is 2.97. The van der Waals surface area contributed by atoms with Gasteiger partial charge in [0.2, 0.25) is 0 Å². The zero-order chi connectivity index (χ0) is 19.5. The van der Waals surface area contributed by atoms with Crippen LogP contribution in [0.15, 0.2) is 77.8 Å². The summed E-state index contributed by atoms with van der Waals surface area (Å²) in [6.45, 7) is 3.62. The standard InChI is InChI=1S/C25H25N3O/c1-2-5-19(6-3-1)18-29-23-8-4-7-20(15-23)21-9-10-24-25(16-21)28-14-13-26-17-22(28)11-12-27-24/h1-10,12,15-16,22,26H,11,13-14,17-18H2. The first-order chi connectivity index (χ1) is 14.4. The Bertz CT molecular complexity index is 1020. The molecule has 2 aliphatic rings. The highest BCUT2D eigenvalue weighted by molar-refractivity contribution is 5.82. The monoisotopic (exact) mass is 383 g/mol. The molecule has 0 bridgehead atoms. The summed E-state index contributed by atoms with van der Waals surface area (Å²) in [5.74, 6) is 0.888. The van der Waals surface area contributed by atoms with Gasteiger partial charge in [-0.15, -0.1) is 0 Å². The molecule has 4 nitrogen and oxygen atoms in total. The van der Waals surface area contributed by atoms with Crippen LogP contribution < -0.4 is 15.0 Å².